The first-order chi connectivity index (χ1) is 7.61. The van der Waals surface area contributed by atoms with Gasteiger partial charge in [0.2, 0.25) is 0 Å². The van der Waals surface area contributed by atoms with Crippen molar-refractivity contribution in [3.63, 3.8) is 0 Å². The quantitative estimate of drug-likeness (QED) is 0.876. The molecule has 0 aromatic carbocycles. The first kappa shape index (κ1) is 12.1. The number of aryl methyl sites for hydroxylation is 1. The Balaban J connectivity index is 1.95. The van der Waals surface area contributed by atoms with E-state index >= 15 is 0 Å². The first-order valence-corrected chi connectivity index (χ1v) is 6.81. The van der Waals surface area contributed by atoms with Crippen molar-refractivity contribution in [1.29, 1.82) is 0 Å². The summed E-state index contributed by atoms with van der Waals surface area (Å²) in [6.07, 6.45) is 2.37. The number of hydrogen-bond acceptors (Lipinski definition) is 3. The maximum Gasteiger partial charge on any atom is 0.0497 e. The van der Waals surface area contributed by atoms with E-state index in [1.165, 1.54) is 22.7 Å². The second kappa shape index (κ2) is 4.86. The van der Waals surface area contributed by atoms with Crippen molar-refractivity contribution in [2.24, 2.45) is 5.41 Å². The number of hydrogen-bond donors (Lipinski definition) is 1. The van der Waals surface area contributed by atoms with Crippen molar-refractivity contribution in [3.05, 3.63) is 21.9 Å². The van der Waals surface area contributed by atoms with E-state index in [1.807, 2.05) is 11.3 Å². The predicted octanol–water partition coefficient (Wildman–Crippen LogP) is 2.65. The van der Waals surface area contributed by atoms with E-state index in [2.05, 4.69) is 30.9 Å². The summed E-state index contributed by atoms with van der Waals surface area (Å²) in [7, 11) is 0. The predicted molar refractivity (Wildman–Crippen MR) is 68.8 cm³/mol. The Labute approximate surface area is 102 Å². The van der Waals surface area contributed by atoms with Crippen LogP contribution in [0.4, 0.5) is 0 Å². The fourth-order valence-corrected chi connectivity index (χ4v) is 3.41. The highest BCUT2D eigenvalue weighted by Crippen LogP contribution is 2.30. The third-order valence-corrected chi connectivity index (χ3v) is 4.40. The molecule has 0 saturated carbocycles. The zero-order chi connectivity index (χ0) is 11.6. The van der Waals surface area contributed by atoms with Crippen molar-refractivity contribution in [2.45, 2.75) is 33.2 Å². The molecule has 16 heavy (non-hydrogen) atoms. The molecule has 2 rings (SSSR count). The molecule has 1 aliphatic rings. The zero-order valence-electron chi connectivity index (χ0n) is 10.2. The molecule has 1 aromatic heterocycles. The largest absolute Gasteiger partial charge is 0.396 e. The molecule has 0 bridgehead atoms. The van der Waals surface area contributed by atoms with Gasteiger partial charge in [0.05, 0.1) is 0 Å². The third-order valence-electron chi connectivity index (χ3n) is 3.42. The number of nitrogens with zero attached hydrogens (tertiary/aromatic N) is 1. The van der Waals surface area contributed by atoms with Crippen LogP contribution in [0.2, 0.25) is 0 Å². The van der Waals surface area contributed by atoms with E-state index in [-0.39, 0.29) is 5.41 Å². The van der Waals surface area contributed by atoms with Crippen LogP contribution in [0.25, 0.3) is 0 Å². The second-order valence-electron chi connectivity index (χ2n) is 5.30. The van der Waals surface area contributed by atoms with Gasteiger partial charge in [-0.05, 0) is 38.4 Å². The van der Waals surface area contributed by atoms with Crippen LogP contribution in [0.5, 0.6) is 0 Å². The third kappa shape index (κ3) is 2.84. The Morgan fingerprint density at radius 2 is 2.31 bits per heavy atom. The lowest BCUT2D eigenvalue weighted by molar-refractivity contribution is 0.0434. The molecule has 0 spiro atoms. The molecule has 1 fully saturated rings. The summed E-state index contributed by atoms with van der Waals surface area (Å²) in [4.78, 5) is 5.31. The summed E-state index contributed by atoms with van der Waals surface area (Å²) < 4.78 is 0. The Morgan fingerprint density at radius 3 is 2.94 bits per heavy atom. The molecule has 1 saturated heterocycles. The zero-order valence-corrected chi connectivity index (χ0v) is 11.0. The van der Waals surface area contributed by atoms with E-state index in [0.717, 1.165) is 19.5 Å². The van der Waals surface area contributed by atoms with Crippen LogP contribution in [0, 0.1) is 12.3 Å². The van der Waals surface area contributed by atoms with Gasteiger partial charge in [0.25, 0.3) is 0 Å². The fourth-order valence-electron chi connectivity index (χ4n) is 2.48. The Hall–Kier alpha value is -0.380. The van der Waals surface area contributed by atoms with E-state index in [9.17, 15) is 5.11 Å². The van der Waals surface area contributed by atoms with Crippen LogP contribution in [-0.2, 0) is 6.54 Å². The van der Waals surface area contributed by atoms with Crippen LogP contribution >= 0.6 is 11.3 Å². The van der Waals surface area contributed by atoms with Gasteiger partial charge in [0.1, 0.15) is 0 Å². The number of rotatable bonds is 3. The number of thiophene rings is 1. The lowest BCUT2D eigenvalue weighted by Crippen LogP contribution is -2.42. The maximum absolute atomic E-state index is 9.41. The Kier molecular flexibility index (Phi) is 3.67. The molecule has 1 aliphatic heterocycles. The Morgan fingerprint density at radius 1 is 1.50 bits per heavy atom. The van der Waals surface area contributed by atoms with E-state index in [4.69, 9.17) is 0 Å². The van der Waals surface area contributed by atoms with Crippen LogP contribution < -0.4 is 0 Å². The van der Waals surface area contributed by atoms with Crippen molar-refractivity contribution < 1.29 is 5.11 Å². The van der Waals surface area contributed by atoms with Gasteiger partial charge in [-0.25, -0.2) is 0 Å². The Bertz CT molecular complexity index is 349. The van der Waals surface area contributed by atoms with Crippen LogP contribution in [0.1, 0.15) is 29.5 Å². The van der Waals surface area contributed by atoms with Gasteiger partial charge in [-0.2, -0.15) is 0 Å². The molecule has 1 aromatic rings. The van der Waals surface area contributed by atoms with E-state index in [0.29, 0.717) is 6.61 Å². The van der Waals surface area contributed by atoms with Gasteiger partial charge < -0.3 is 5.11 Å². The van der Waals surface area contributed by atoms with Crippen LogP contribution in [0.3, 0.4) is 0 Å². The van der Waals surface area contributed by atoms with Crippen LogP contribution in [0.15, 0.2) is 12.1 Å². The molecule has 0 aliphatic carbocycles. The standard InChI is InChI=1S/C13H21NOS/c1-11-4-5-12(16-11)8-14-7-3-6-13(2,9-14)10-15/h4-5,15H,3,6-10H2,1-2H3. The molecular formula is C13H21NOS. The lowest BCUT2D eigenvalue weighted by atomic mass is 9.83. The van der Waals surface area contributed by atoms with Crippen molar-refractivity contribution in [3.8, 4) is 0 Å². The second-order valence-corrected chi connectivity index (χ2v) is 6.67. The van der Waals surface area contributed by atoms with Gasteiger partial charge in [-0.15, -0.1) is 11.3 Å². The summed E-state index contributed by atoms with van der Waals surface area (Å²) in [6, 6.07) is 4.42. The maximum atomic E-state index is 9.41. The minimum Gasteiger partial charge on any atom is -0.396 e. The molecule has 0 radical (unpaired) electrons. The van der Waals surface area contributed by atoms with Gasteiger partial charge in [0.15, 0.2) is 0 Å². The number of piperidine rings is 1. The fraction of sp³-hybridized carbons (Fsp3) is 0.692. The molecule has 1 N–H and O–H groups in total. The first-order valence-electron chi connectivity index (χ1n) is 6.00. The molecule has 2 heterocycles. The average molecular weight is 239 g/mol. The van der Waals surface area contributed by atoms with Gasteiger partial charge in [0, 0.05) is 34.9 Å². The van der Waals surface area contributed by atoms with Crippen molar-refractivity contribution in [2.75, 3.05) is 19.7 Å². The highest BCUT2D eigenvalue weighted by molar-refractivity contribution is 7.11. The smallest absolute Gasteiger partial charge is 0.0497 e. The molecule has 0 amide bonds. The molecule has 90 valence electrons. The minimum absolute atomic E-state index is 0.116. The normalized spacial score (nSPS) is 27.2. The van der Waals surface area contributed by atoms with E-state index < -0.39 is 0 Å². The molecule has 1 atom stereocenters. The lowest BCUT2D eigenvalue weighted by Gasteiger charge is -2.39. The van der Waals surface area contributed by atoms with E-state index in [1.54, 1.807) is 0 Å². The summed E-state index contributed by atoms with van der Waals surface area (Å²) in [5.74, 6) is 0. The number of likely N-dealkylation sites (tertiary alicyclic amines) is 1. The molecule has 1 unspecified atom stereocenters. The SMILES string of the molecule is Cc1ccc(CN2CCCC(C)(CO)C2)s1. The minimum atomic E-state index is 0.116. The molecule has 3 heteroatoms. The highest BCUT2D eigenvalue weighted by Gasteiger charge is 2.30. The van der Waals surface area contributed by atoms with Crippen molar-refractivity contribution >= 4 is 11.3 Å². The number of aliphatic hydroxyl groups excluding tert-OH is 1. The van der Waals surface area contributed by atoms with Gasteiger partial charge >= 0.3 is 0 Å². The average Bonchev–Trinajstić information content (AvgIpc) is 2.64. The summed E-state index contributed by atoms with van der Waals surface area (Å²) in [5.41, 5.74) is 0.116. The van der Waals surface area contributed by atoms with Gasteiger partial charge in [-0.3, -0.25) is 4.90 Å². The van der Waals surface area contributed by atoms with Gasteiger partial charge in [-0.1, -0.05) is 6.92 Å². The van der Waals surface area contributed by atoms with Crippen molar-refractivity contribution in [1.82, 2.24) is 4.90 Å². The summed E-state index contributed by atoms with van der Waals surface area (Å²) >= 11 is 1.88. The molecular weight excluding hydrogens is 218 g/mol. The number of aliphatic hydroxyl groups is 1. The monoisotopic (exact) mass is 239 g/mol. The summed E-state index contributed by atoms with van der Waals surface area (Å²) in [6.45, 7) is 7.91. The molecule has 2 nitrogen and oxygen atoms in total. The highest BCUT2D eigenvalue weighted by atomic mass is 32.1. The topological polar surface area (TPSA) is 23.5 Å². The summed E-state index contributed by atoms with van der Waals surface area (Å²) in [5, 5.41) is 9.41. The van der Waals surface area contributed by atoms with Crippen LogP contribution in [-0.4, -0.2) is 29.7 Å².